The summed E-state index contributed by atoms with van der Waals surface area (Å²) >= 11 is 17.4. The fourth-order valence-corrected chi connectivity index (χ4v) is 2.95. The van der Waals surface area contributed by atoms with E-state index in [0.717, 1.165) is 0 Å². The highest BCUT2D eigenvalue weighted by Gasteiger charge is 2.13. The van der Waals surface area contributed by atoms with Crippen LogP contribution in [-0.4, -0.2) is 32.8 Å². The molecule has 0 spiro atoms. The predicted molar refractivity (Wildman–Crippen MR) is 105 cm³/mol. The number of H-pyrrole nitrogens is 1. The summed E-state index contributed by atoms with van der Waals surface area (Å²) in [6.07, 6.45) is 1.47. The average molecular weight is 409 g/mol. The Morgan fingerprint density at radius 3 is 2.88 bits per heavy atom. The van der Waals surface area contributed by atoms with Crippen molar-refractivity contribution in [1.29, 1.82) is 0 Å². The number of para-hydroxylation sites is 1. The van der Waals surface area contributed by atoms with Crippen molar-refractivity contribution in [3.8, 4) is 22.9 Å². The van der Waals surface area contributed by atoms with Gasteiger partial charge in [0.25, 0.3) is 0 Å². The van der Waals surface area contributed by atoms with Crippen molar-refractivity contribution < 1.29 is 9.84 Å². The van der Waals surface area contributed by atoms with Crippen LogP contribution in [0.5, 0.6) is 11.5 Å². The number of hydrogen-bond donors (Lipinski definition) is 2. The largest absolute Gasteiger partial charge is 0.504 e. The molecule has 0 saturated heterocycles. The van der Waals surface area contributed by atoms with Crippen LogP contribution >= 0.6 is 35.4 Å². The number of benzene rings is 2. The number of halogens is 2. The van der Waals surface area contributed by atoms with Gasteiger partial charge in [0.2, 0.25) is 4.77 Å². The number of ether oxygens (including phenoxy) is 1. The minimum atomic E-state index is -0.000751. The molecule has 0 aliphatic carbocycles. The highest BCUT2D eigenvalue weighted by atomic mass is 35.5. The molecule has 0 unspecified atom stereocenters. The smallest absolute Gasteiger partial charge is 0.216 e. The number of nitrogens with zero attached hydrogens (tertiary/aromatic N) is 3. The van der Waals surface area contributed by atoms with Gasteiger partial charge in [-0.2, -0.15) is 14.9 Å². The van der Waals surface area contributed by atoms with E-state index in [4.69, 9.17) is 40.2 Å². The number of aromatic nitrogens is 3. The molecule has 0 fully saturated rings. The third-order valence-electron chi connectivity index (χ3n) is 3.46. The highest BCUT2D eigenvalue weighted by molar-refractivity contribution is 7.71. The lowest BCUT2D eigenvalue weighted by molar-refractivity contribution is 0.318. The normalized spacial score (nSPS) is 11.2. The van der Waals surface area contributed by atoms with Gasteiger partial charge in [-0.15, -0.1) is 0 Å². The first-order chi connectivity index (χ1) is 12.5. The van der Waals surface area contributed by atoms with Crippen LogP contribution in [0.1, 0.15) is 12.5 Å². The van der Waals surface area contributed by atoms with Gasteiger partial charge in [0, 0.05) is 16.1 Å². The van der Waals surface area contributed by atoms with Crippen LogP contribution in [0.2, 0.25) is 10.0 Å². The van der Waals surface area contributed by atoms with Gasteiger partial charge >= 0.3 is 0 Å². The van der Waals surface area contributed by atoms with E-state index in [1.54, 1.807) is 36.4 Å². The van der Waals surface area contributed by atoms with Crippen LogP contribution in [0.3, 0.4) is 0 Å². The molecule has 0 amide bonds. The molecule has 0 bridgehead atoms. The Morgan fingerprint density at radius 2 is 2.15 bits per heavy atom. The third kappa shape index (κ3) is 3.75. The fourth-order valence-electron chi connectivity index (χ4n) is 2.28. The Bertz CT molecular complexity index is 1030. The molecule has 0 atom stereocenters. The number of phenolic OH excluding ortho intramolecular Hbond substituents is 1. The molecule has 2 aromatic carbocycles. The molecule has 3 rings (SSSR count). The number of rotatable bonds is 5. The van der Waals surface area contributed by atoms with E-state index >= 15 is 0 Å². The van der Waals surface area contributed by atoms with Gasteiger partial charge in [0.15, 0.2) is 17.3 Å². The number of aromatic hydroxyl groups is 1. The Kier molecular flexibility index (Phi) is 5.61. The van der Waals surface area contributed by atoms with Crippen molar-refractivity contribution in [2.45, 2.75) is 6.92 Å². The number of phenols is 1. The Labute approximate surface area is 164 Å². The van der Waals surface area contributed by atoms with Crippen molar-refractivity contribution in [1.82, 2.24) is 14.9 Å². The SMILES string of the molecule is CCOc1cccc(C=Nn2c(-c3ccc(Cl)cc3Cl)n[nH]c2=S)c1O. The van der Waals surface area contributed by atoms with Gasteiger partial charge in [-0.25, -0.2) is 5.10 Å². The van der Waals surface area contributed by atoms with Gasteiger partial charge in [0.1, 0.15) is 0 Å². The molecule has 134 valence electrons. The van der Waals surface area contributed by atoms with Crippen LogP contribution in [0.25, 0.3) is 11.4 Å². The van der Waals surface area contributed by atoms with Crippen molar-refractivity contribution >= 4 is 41.6 Å². The molecular weight excluding hydrogens is 395 g/mol. The highest BCUT2D eigenvalue weighted by Crippen LogP contribution is 2.30. The number of nitrogens with one attached hydrogen (secondary N) is 1. The first kappa shape index (κ1) is 18.4. The monoisotopic (exact) mass is 408 g/mol. The van der Waals surface area contributed by atoms with Crippen molar-refractivity contribution in [3.05, 3.63) is 56.8 Å². The second-order valence-corrected chi connectivity index (χ2v) is 6.39. The zero-order chi connectivity index (χ0) is 18.7. The van der Waals surface area contributed by atoms with Gasteiger partial charge in [0.05, 0.1) is 17.8 Å². The molecular formula is C17H14Cl2N4O2S. The van der Waals surface area contributed by atoms with E-state index in [1.165, 1.54) is 10.9 Å². The van der Waals surface area contributed by atoms with Crippen molar-refractivity contribution in [2.75, 3.05) is 6.61 Å². The summed E-state index contributed by atoms with van der Waals surface area (Å²) < 4.78 is 7.06. The zero-order valence-corrected chi connectivity index (χ0v) is 15.9. The first-order valence-electron chi connectivity index (χ1n) is 7.63. The van der Waals surface area contributed by atoms with Gasteiger partial charge in [-0.1, -0.05) is 29.3 Å². The molecule has 6 nitrogen and oxygen atoms in total. The van der Waals surface area contributed by atoms with Crippen LogP contribution in [0.15, 0.2) is 41.5 Å². The van der Waals surface area contributed by atoms with Crippen LogP contribution in [-0.2, 0) is 0 Å². The van der Waals surface area contributed by atoms with E-state index in [9.17, 15) is 5.11 Å². The molecule has 1 heterocycles. The first-order valence-corrected chi connectivity index (χ1v) is 8.79. The predicted octanol–water partition coefficient (Wildman–Crippen LogP) is 4.90. The molecule has 9 heteroatoms. The summed E-state index contributed by atoms with van der Waals surface area (Å²) in [6, 6.07) is 10.2. The molecule has 0 radical (unpaired) electrons. The van der Waals surface area contributed by atoms with Gasteiger partial charge in [-0.3, -0.25) is 0 Å². The third-order valence-corrected chi connectivity index (χ3v) is 4.28. The molecule has 1 aromatic heterocycles. The van der Waals surface area contributed by atoms with E-state index in [0.29, 0.717) is 39.4 Å². The molecule has 26 heavy (non-hydrogen) atoms. The Morgan fingerprint density at radius 1 is 1.35 bits per heavy atom. The number of aromatic amines is 1. The fraction of sp³-hybridized carbons (Fsp3) is 0.118. The molecule has 0 aliphatic heterocycles. The maximum absolute atomic E-state index is 10.3. The second-order valence-electron chi connectivity index (χ2n) is 5.16. The van der Waals surface area contributed by atoms with Crippen LogP contribution in [0.4, 0.5) is 0 Å². The van der Waals surface area contributed by atoms with E-state index < -0.39 is 0 Å². The summed E-state index contributed by atoms with van der Waals surface area (Å²) in [5, 5.41) is 22.4. The van der Waals surface area contributed by atoms with Crippen LogP contribution < -0.4 is 4.74 Å². The zero-order valence-electron chi connectivity index (χ0n) is 13.6. The maximum atomic E-state index is 10.3. The lowest BCUT2D eigenvalue weighted by Crippen LogP contribution is -1.97. The summed E-state index contributed by atoms with van der Waals surface area (Å²) in [4.78, 5) is 0. The molecule has 0 aliphatic rings. The minimum absolute atomic E-state index is 0.000751. The molecule has 0 saturated carbocycles. The topological polar surface area (TPSA) is 75.4 Å². The summed E-state index contributed by atoms with van der Waals surface area (Å²) in [5.41, 5.74) is 1.10. The Balaban J connectivity index is 2.02. The summed E-state index contributed by atoms with van der Waals surface area (Å²) in [6.45, 7) is 2.29. The maximum Gasteiger partial charge on any atom is 0.216 e. The Hall–Kier alpha value is -2.35. The van der Waals surface area contributed by atoms with E-state index in [-0.39, 0.29) is 10.5 Å². The van der Waals surface area contributed by atoms with Crippen molar-refractivity contribution in [2.24, 2.45) is 5.10 Å². The summed E-state index contributed by atoms with van der Waals surface area (Å²) in [7, 11) is 0. The van der Waals surface area contributed by atoms with Gasteiger partial charge < -0.3 is 9.84 Å². The van der Waals surface area contributed by atoms with E-state index in [1.807, 2.05) is 6.92 Å². The summed E-state index contributed by atoms with van der Waals surface area (Å²) in [5.74, 6) is 0.806. The lowest BCUT2D eigenvalue weighted by Gasteiger charge is -2.07. The number of hydrogen-bond acceptors (Lipinski definition) is 5. The second kappa shape index (κ2) is 7.90. The lowest BCUT2D eigenvalue weighted by atomic mass is 10.2. The quantitative estimate of drug-likeness (QED) is 0.464. The average Bonchev–Trinajstić information content (AvgIpc) is 2.96. The van der Waals surface area contributed by atoms with Crippen molar-refractivity contribution in [3.63, 3.8) is 0 Å². The minimum Gasteiger partial charge on any atom is -0.504 e. The van der Waals surface area contributed by atoms with Gasteiger partial charge in [-0.05, 0) is 49.5 Å². The van der Waals surface area contributed by atoms with E-state index in [2.05, 4.69) is 15.3 Å². The molecule has 3 aromatic rings. The standard InChI is InChI=1S/C17H14Cl2N4O2S/c1-2-25-14-5-3-4-10(15(14)24)9-20-23-16(21-22-17(23)26)12-7-6-11(18)8-13(12)19/h3-9,24H,2H2,1H3,(H,22,26). The van der Waals surface area contributed by atoms with Crippen LogP contribution in [0, 0.1) is 4.77 Å². The molecule has 2 N–H and O–H groups in total.